The van der Waals surface area contributed by atoms with Crippen molar-refractivity contribution in [3.05, 3.63) is 70.3 Å². The maximum Gasteiger partial charge on any atom is 0.416 e. The first-order valence-electron chi connectivity index (χ1n) is 7.38. The van der Waals surface area contributed by atoms with E-state index in [1.807, 2.05) is 31.2 Å². The SMILES string of the molecule is Cc1ccc(/C=C/C(=O)NC(=S)Nc2cc(C(F)(F)F)ccc2Cl)cc1. The van der Waals surface area contributed by atoms with Gasteiger partial charge in [0.05, 0.1) is 16.3 Å². The molecule has 0 aliphatic heterocycles. The number of thiocarbonyl (C=S) groups is 1. The summed E-state index contributed by atoms with van der Waals surface area (Å²) in [6, 6.07) is 10.3. The van der Waals surface area contributed by atoms with Crippen molar-refractivity contribution in [2.75, 3.05) is 5.32 Å². The fourth-order valence-corrected chi connectivity index (χ4v) is 2.33. The summed E-state index contributed by atoms with van der Waals surface area (Å²) >= 11 is 10.8. The molecular formula is C18H14ClF3N2OS. The van der Waals surface area contributed by atoms with Gasteiger partial charge in [-0.25, -0.2) is 0 Å². The minimum absolute atomic E-state index is 0.0461. The number of rotatable bonds is 3. The molecule has 0 aromatic heterocycles. The summed E-state index contributed by atoms with van der Waals surface area (Å²) in [5, 5.41) is 4.73. The summed E-state index contributed by atoms with van der Waals surface area (Å²) in [6.07, 6.45) is -1.65. The second-order valence-corrected chi connectivity index (χ2v) is 6.20. The van der Waals surface area contributed by atoms with Crippen LogP contribution >= 0.6 is 23.8 Å². The van der Waals surface area contributed by atoms with Crippen molar-refractivity contribution in [2.45, 2.75) is 13.1 Å². The number of nitrogens with one attached hydrogen (secondary N) is 2. The minimum atomic E-state index is -4.51. The summed E-state index contributed by atoms with van der Waals surface area (Å²) in [5.74, 6) is -0.522. The van der Waals surface area contributed by atoms with E-state index in [4.69, 9.17) is 23.8 Å². The van der Waals surface area contributed by atoms with Crippen molar-refractivity contribution in [2.24, 2.45) is 0 Å². The number of hydrogen-bond donors (Lipinski definition) is 2. The third-order valence-corrected chi connectivity index (χ3v) is 3.82. The Kier molecular flexibility index (Phi) is 6.39. The van der Waals surface area contributed by atoms with E-state index in [-0.39, 0.29) is 15.8 Å². The van der Waals surface area contributed by atoms with Crippen LogP contribution in [0.3, 0.4) is 0 Å². The highest BCUT2D eigenvalue weighted by molar-refractivity contribution is 7.80. The van der Waals surface area contributed by atoms with Crippen LogP contribution in [0.4, 0.5) is 18.9 Å². The molecule has 0 aliphatic rings. The number of carbonyl (C=O) groups excluding carboxylic acids is 1. The Morgan fingerprint density at radius 1 is 1.15 bits per heavy atom. The molecule has 0 fully saturated rings. The Hall–Kier alpha value is -2.38. The predicted octanol–water partition coefficient (Wildman–Crippen LogP) is 5.19. The topological polar surface area (TPSA) is 41.1 Å². The van der Waals surface area contributed by atoms with Crippen LogP contribution < -0.4 is 10.6 Å². The Morgan fingerprint density at radius 2 is 1.81 bits per heavy atom. The maximum absolute atomic E-state index is 12.8. The van der Waals surface area contributed by atoms with Crippen LogP contribution in [0.25, 0.3) is 6.08 Å². The van der Waals surface area contributed by atoms with Gasteiger partial charge in [-0.3, -0.25) is 10.1 Å². The molecule has 2 aromatic carbocycles. The molecule has 2 aromatic rings. The normalized spacial score (nSPS) is 11.4. The van der Waals surface area contributed by atoms with Crippen LogP contribution in [-0.2, 0) is 11.0 Å². The smallest absolute Gasteiger partial charge is 0.331 e. The number of aryl methyl sites for hydroxylation is 1. The van der Waals surface area contributed by atoms with Crippen LogP contribution in [0.1, 0.15) is 16.7 Å². The molecule has 0 radical (unpaired) electrons. The molecule has 0 saturated heterocycles. The molecule has 136 valence electrons. The molecule has 26 heavy (non-hydrogen) atoms. The molecule has 0 spiro atoms. The van der Waals surface area contributed by atoms with E-state index in [2.05, 4.69) is 10.6 Å². The van der Waals surface area contributed by atoms with Gasteiger partial charge < -0.3 is 5.32 Å². The zero-order valence-electron chi connectivity index (χ0n) is 13.5. The van der Waals surface area contributed by atoms with E-state index in [1.165, 1.54) is 6.08 Å². The van der Waals surface area contributed by atoms with Gasteiger partial charge in [-0.1, -0.05) is 41.4 Å². The van der Waals surface area contributed by atoms with Gasteiger partial charge in [-0.2, -0.15) is 13.2 Å². The largest absolute Gasteiger partial charge is 0.416 e. The molecule has 0 aliphatic carbocycles. The molecule has 0 atom stereocenters. The monoisotopic (exact) mass is 398 g/mol. The van der Waals surface area contributed by atoms with Crippen LogP contribution in [0.15, 0.2) is 48.5 Å². The first-order chi connectivity index (χ1) is 12.1. The van der Waals surface area contributed by atoms with Gasteiger partial charge in [0, 0.05) is 6.08 Å². The lowest BCUT2D eigenvalue weighted by molar-refractivity contribution is -0.137. The van der Waals surface area contributed by atoms with E-state index in [0.717, 1.165) is 29.3 Å². The number of alkyl halides is 3. The van der Waals surface area contributed by atoms with Crippen molar-refractivity contribution in [1.82, 2.24) is 5.32 Å². The lowest BCUT2D eigenvalue weighted by atomic mass is 10.1. The lowest BCUT2D eigenvalue weighted by Crippen LogP contribution is -2.33. The van der Waals surface area contributed by atoms with Gasteiger partial charge in [0.25, 0.3) is 0 Å². The summed E-state index contributed by atoms with van der Waals surface area (Å²) in [5.41, 5.74) is 0.993. The summed E-state index contributed by atoms with van der Waals surface area (Å²) in [6.45, 7) is 1.95. The second kappa shape index (κ2) is 8.33. The van der Waals surface area contributed by atoms with E-state index >= 15 is 0 Å². The Morgan fingerprint density at radius 3 is 2.42 bits per heavy atom. The van der Waals surface area contributed by atoms with Crippen molar-refractivity contribution in [1.29, 1.82) is 0 Å². The number of benzene rings is 2. The van der Waals surface area contributed by atoms with Crippen molar-refractivity contribution in [3.63, 3.8) is 0 Å². The van der Waals surface area contributed by atoms with Crippen LogP contribution in [0.2, 0.25) is 5.02 Å². The molecule has 0 saturated carbocycles. The lowest BCUT2D eigenvalue weighted by Gasteiger charge is -2.13. The summed E-state index contributed by atoms with van der Waals surface area (Å²) in [7, 11) is 0. The molecule has 0 bridgehead atoms. The molecule has 1 amide bonds. The number of halogens is 4. The third-order valence-electron chi connectivity index (χ3n) is 3.28. The average Bonchev–Trinajstić information content (AvgIpc) is 2.55. The Bertz CT molecular complexity index is 849. The molecule has 2 N–H and O–H groups in total. The van der Waals surface area contributed by atoms with Gasteiger partial charge in [0.15, 0.2) is 5.11 Å². The van der Waals surface area contributed by atoms with Crippen LogP contribution in [-0.4, -0.2) is 11.0 Å². The fraction of sp³-hybridized carbons (Fsp3) is 0.111. The molecule has 0 heterocycles. The second-order valence-electron chi connectivity index (χ2n) is 5.38. The zero-order chi connectivity index (χ0) is 19.3. The average molecular weight is 399 g/mol. The number of hydrogen-bond acceptors (Lipinski definition) is 2. The third kappa shape index (κ3) is 5.86. The quantitative estimate of drug-likeness (QED) is 0.552. The van der Waals surface area contributed by atoms with Crippen LogP contribution in [0.5, 0.6) is 0 Å². The molecule has 2 rings (SSSR count). The molecule has 8 heteroatoms. The molecule has 3 nitrogen and oxygen atoms in total. The summed E-state index contributed by atoms with van der Waals surface area (Å²) < 4.78 is 38.3. The Balaban J connectivity index is 2.00. The van der Waals surface area contributed by atoms with Gasteiger partial charge in [-0.15, -0.1) is 0 Å². The van der Waals surface area contributed by atoms with Gasteiger partial charge >= 0.3 is 6.18 Å². The first kappa shape index (κ1) is 19.9. The molecule has 0 unspecified atom stereocenters. The van der Waals surface area contributed by atoms with E-state index < -0.39 is 17.6 Å². The summed E-state index contributed by atoms with van der Waals surface area (Å²) in [4.78, 5) is 11.9. The molecular weight excluding hydrogens is 385 g/mol. The van der Waals surface area contributed by atoms with E-state index in [9.17, 15) is 18.0 Å². The highest BCUT2D eigenvalue weighted by Crippen LogP contribution is 2.33. The fourth-order valence-electron chi connectivity index (χ4n) is 1.95. The van der Waals surface area contributed by atoms with Crippen molar-refractivity contribution in [3.8, 4) is 0 Å². The predicted molar refractivity (Wildman–Crippen MR) is 101 cm³/mol. The minimum Gasteiger partial charge on any atom is -0.331 e. The first-order valence-corrected chi connectivity index (χ1v) is 8.17. The van der Waals surface area contributed by atoms with Crippen LogP contribution in [0, 0.1) is 6.92 Å². The van der Waals surface area contributed by atoms with Gasteiger partial charge in [0.1, 0.15) is 0 Å². The van der Waals surface area contributed by atoms with E-state index in [1.54, 1.807) is 6.08 Å². The Labute approximate surface area is 158 Å². The van der Waals surface area contributed by atoms with Crippen molar-refractivity contribution >= 4 is 46.6 Å². The zero-order valence-corrected chi connectivity index (χ0v) is 15.1. The van der Waals surface area contributed by atoms with Gasteiger partial charge in [-0.05, 0) is 49.0 Å². The highest BCUT2D eigenvalue weighted by atomic mass is 35.5. The van der Waals surface area contributed by atoms with Crippen molar-refractivity contribution < 1.29 is 18.0 Å². The van der Waals surface area contributed by atoms with E-state index in [0.29, 0.717) is 0 Å². The maximum atomic E-state index is 12.8. The number of anilines is 1. The number of amides is 1. The van der Waals surface area contributed by atoms with Gasteiger partial charge in [0.2, 0.25) is 5.91 Å². The number of carbonyl (C=O) groups is 1. The highest BCUT2D eigenvalue weighted by Gasteiger charge is 2.31. The standard InChI is InChI=1S/C18H14ClF3N2OS/c1-11-2-4-12(5-3-11)6-9-16(25)24-17(26)23-15-10-13(18(20,21)22)7-8-14(15)19/h2-10H,1H3,(H2,23,24,25,26)/b9-6+.